The number of nitriles is 1. The van der Waals surface area contributed by atoms with Gasteiger partial charge in [0.25, 0.3) is 0 Å². The number of nitrogens with two attached hydrogens (primary N) is 1. The van der Waals surface area contributed by atoms with Crippen molar-refractivity contribution >= 4 is 45.8 Å². The molecule has 3 N–H and O–H groups in total. The molecule has 6 nitrogen and oxygen atoms in total. The number of carbonyl (C=O) groups excluding carboxylic acids is 1. The van der Waals surface area contributed by atoms with Crippen molar-refractivity contribution in [3.8, 4) is 6.07 Å². The number of H-pyrrole nitrogens is 1. The van der Waals surface area contributed by atoms with Crippen LogP contribution in [0.25, 0.3) is 0 Å². The molecule has 0 aromatic carbocycles. The normalized spacial score (nSPS) is 20.1. The van der Waals surface area contributed by atoms with Crippen molar-refractivity contribution in [3.05, 3.63) is 48.5 Å². The summed E-state index contributed by atoms with van der Waals surface area (Å²) in [5.74, 6) is 0.0171. The van der Waals surface area contributed by atoms with E-state index in [-0.39, 0.29) is 5.78 Å². The SMILES string of the molecule is CCc1ccc(C2C(C#N)=C(N)N(c3n[nH]c(=S)s3)C3=C2C(=O)CCC3)s1. The van der Waals surface area contributed by atoms with E-state index < -0.39 is 5.92 Å². The molecule has 0 saturated heterocycles. The van der Waals surface area contributed by atoms with E-state index in [0.29, 0.717) is 32.5 Å². The Morgan fingerprint density at radius 1 is 1.44 bits per heavy atom. The van der Waals surface area contributed by atoms with Gasteiger partial charge in [0.2, 0.25) is 5.13 Å². The van der Waals surface area contributed by atoms with Gasteiger partial charge in [-0.25, -0.2) is 0 Å². The Morgan fingerprint density at radius 3 is 2.89 bits per heavy atom. The molecule has 1 atom stereocenters. The highest BCUT2D eigenvalue weighted by atomic mass is 32.1. The van der Waals surface area contributed by atoms with Crippen molar-refractivity contribution in [2.45, 2.75) is 38.5 Å². The van der Waals surface area contributed by atoms with E-state index >= 15 is 0 Å². The Bertz CT molecular complexity index is 1080. The Labute approximate surface area is 169 Å². The van der Waals surface area contributed by atoms with Crippen LogP contribution in [-0.4, -0.2) is 16.0 Å². The number of aromatic nitrogens is 2. The Hall–Kier alpha value is -2.28. The van der Waals surface area contributed by atoms with Gasteiger partial charge in [-0.05, 0) is 43.6 Å². The second-order valence-corrected chi connectivity index (χ2v) is 9.21. The molecule has 9 heteroatoms. The van der Waals surface area contributed by atoms with Gasteiger partial charge in [-0.15, -0.1) is 16.4 Å². The minimum Gasteiger partial charge on any atom is -0.384 e. The molecule has 2 aliphatic rings. The van der Waals surface area contributed by atoms with E-state index in [1.54, 1.807) is 16.2 Å². The van der Waals surface area contributed by atoms with E-state index in [0.717, 1.165) is 29.8 Å². The van der Waals surface area contributed by atoms with Crippen LogP contribution in [0.1, 0.15) is 41.9 Å². The molecule has 2 aromatic heterocycles. The molecule has 138 valence electrons. The Morgan fingerprint density at radius 2 is 2.26 bits per heavy atom. The Balaban J connectivity index is 1.96. The second kappa shape index (κ2) is 7.03. The van der Waals surface area contributed by atoms with E-state index in [1.807, 2.05) is 6.07 Å². The molecule has 0 radical (unpaired) electrons. The van der Waals surface area contributed by atoms with Crippen molar-refractivity contribution in [1.29, 1.82) is 5.26 Å². The smallest absolute Gasteiger partial charge is 0.216 e. The summed E-state index contributed by atoms with van der Waals surface area (Å²) in [6, 6.07) is 6.34. The molecular weight excluding hydrogens is 398 g/mol. The molecule has 0 bridgehead atoms. The molecule has 0 saturated carbocycles. The van der Waals surface area contributed by atoms with Crippen LogP contribution in [0.2, 0.25) is 0 Å². The number of nitrogens with one attached hydrogen (secondary N) is 1. The second-order valence-electron chi connectivity index (χ2n) is 6.37. The molecule has 1 aliphatic carbocycles. The first-order valence-corrected chi connectivity index (χ1v) is 10.7. The first-order valence-electron chi connectivity index (χ1n) is 8.65. The van der Waals surface area contributed by atoms with Gasteiger partial charge >= 0.3 is 0 Å². The highest BCUT2D eigenvalue weighted by Crippen LogP contribution is 2.47. The summed E-state index contributed by atoms with van der Waals surface area (Å²) >= 11 is 8.07. The first kappa shape index (κ1) is 18.1. The third kappa shape index (κ3) is 2.94. The van der Waals surface area contributed by atoms with Crippen LogP contribution in [0, 0.1) is 15.3 Å². The van der Waals surface area contributed by atoms with Crippen molar-refractivity contribution in [1.82, 2.24) is 10.2 Å². The lowest BCUT2D eigenvalue weighted by Gasteiger charge is -2.37. The van der Waals surface area contributed by atoms with E-state index in [4.69, 9.17) is 18.0 Å². The van der Waals surface area contributed by atoms with Crippen LogP contribution >= 0.6 is 34.9 Å². The number of Topliss-reactive ketones (excluding diaryl/α,β-unsaturated/α-hetero) is 1. The van der Waals surface area contributed by atoms with Gasteiger partial charge in [-0.3, -0.25) is 14.8 Å². The maximum Gasteiger partial charge on any atom is 0.216 e. The lowest BCUT2D eigenvalue weighted by molar-refractivity contribution is -0.116. The minimum atomic E-state index is -0.397. The maximum atomic E-state index is 12.9. The number of aryl methyl sites for hydroxylation is 1. The number of hydrogen-bond acceptors (Lipinski definition) is 8. The summed E-state index contributed by atoms with van der Waals surface area (Å²) in [5.41, 5.74) is 8.38. The fraction of sp³-hybridized carbons (Fsp3) is 0.333. The third-order valence-corrected chi connectivity index (χ3v) is 7.22. The number of anilines is 1. The highest BCUT2D eigenvalue weighted by molar-refractivity contribution is 7.73. The number of aromatic amines is 1. The summed E-state index contributed by atoms with van der Waals surface area (Å²) < 4.78 is 0.522. The number of thiophene rings is 1. The van der Waals surface area contributed by atoms with E-state index in [9.17, 15) is 10.1 Å². The van der Waals surface area contributed by atoms with Gasteiger partial charge in [0.1, 0.15) is 5.82 Å². The standard InChI is InChI=1S/C18H17N5OS3/c1-2-9-6-7-13(26-9)14-10(8-19)16(20)23(17-21-22-18(25)27-17)11-4-3-5-12(24)15(11)14/h6-7,14H,2-5,20H2,1H3,(H,22,25). The summed E-state index contributed by atoms with van der Waals surface area (Å²) in [5, 5.41) is 17.5. The van der Waals surface area contributed by atoms with Gasteiger partial charge in [0.15, 0.2) is 9.74 Å². The summed E-state index contributed by atoms with van der Waals surface area (Å²) in [6.07, 6.45) is 2.89. The average molecular weight is 416 g/mol. The van der Waals surface area contributed by atoms with Crippen LogP contribution in [0.5, 0.6) is 0 Å². The number of carbonyl (C=O) groups is 1. The molecule has 3 heterocycles. The van der Waals surface area contributed by atoms with Gasteiger partial charge in [0, 0.05) is 27.4 Å². The molecule has 0 fully saturated rings. The van der Waals surface area contributed by atoms with Crippen LogP contribution in [0.3, 0.4) is 0 Å². The van der Waals surface area contributed by atoms with Crippen molar-refractivity contribution < 1.29 is 4.79 Å². The number of ketones is 1. The highest BCUT2D eigenvalue weighted by Gasteiger charge is 2.41. The van der Waals surface area contributed by atoms with Crippen LogP contribution in [0.4, 0.5) is 5.13 Å². The van der Waals surface area contributed by atoms with Crippen molar-refractivity contribution in [2.24, 2.45) is 5.73 Å². The molecule has 0 spiro atoms. The first-order chi connectivity index (χ1) is 13.0. The van der Waals surface area contributed by atoms with Gasteiger partial charge in [-0.2, -0.15) is 5.26 Å². The van der Waals surface area contributed by atoms with Gasteiger partial charge < -0.3 is 5.73 Å². The lowest BCUT2D eigenvalue weighted by atomic mass is 9.78. The predicted molar refractivity (Wildman–Crippen MR) is 109 cm³/mol. The lowest BCUT2D eigenvalue weighted by Crippen LogP contribution is -2.38. The molecule has 4 rings (SSSR count). The van der Waals surface area contributed by atoms with Crippen LogP contribution in [-0.2, 0) is 11.2 Å². The van der Waals surface area contributed by atoms with E-state index in [2.05, 4.69) is 29.3 Å². The maximum absolute atomic E-state index is 12.9. The molecule has 1 unspecified atom stereocenters. The largest absolute Gasteiger partial charge is 0.384 e. The molecule has 1 aliphatic heterocycles. The summed E-state index contributed by atoms with van der Waals surface area (Å²) in [6.45, 7) is 2.09. The number of nitrogens with zero attached hydrogens (tertiary/aromatic N) is 3. The zero-order valence-electron chi connectivity index (χ0n) is 14.6. The topological polar surface area (TPSA) is 98.8 Å². The monoisotopic (exact) mass is 415 g/mol. The number of allylic oxidation sites excluding steroid dienone is 3. The molecular formula is C18H17N5OS3. The minimum absolute atomic E-state index is 0.0806. The van der Waals surface area contributed by atoms with Gasteiger partial charge in [-0.1, -0.05) is 18.3 Å². The van der Waals surface area contributed by atoms with E-state index in [1.165, 1.54) is 16.2 Å². The average Bonchev–Trinajstić information content (AvgIpc) is 3.30. The fourth-order valence-electron chi connectivity index (χ4n) is 3.65. The quantitative estimate of drug-likeness (QED) is 0.731. The summed E-state index contributed by atoms with van der Waals surface area (Å²) in [4.78, 5) is 16.9. The zero-order valence-corrected chi connectivity index (χ0v) is 17.1. The van der Waals surface area contributed by atoms with Crippen molar-refractivity contribution in [3.63, 3.8) is 0 Å². The molecule has 2 aromatic rings. The zero-order chi connectivity index (χ0) is 19.1. The third-order valence-electron chi connectivity index (χ3n) is 4.85. The van der Waals surface area contributed by atoms with Crippen LogP contribution in [0.15, 0.2) is 34.8 Å². The fourth-order valence-corrected chi connectivity index (χ4v) is 5.64. The summed E-state index contributed by atoms with van der Waals surface area (Å²) in [7, 11) is 0. The Kier molecular flexibility index (Phi) is 4.72. The number of rotatable bonds is 3. The van der Waals surface area contributed by atoms with Crippen LogP contribution < -0.4 is 10.6 Å². The predicted octanol–water partition coefficient (Wildman–Crippen LogP) is 4.13. The number of hydrogen-bond donors (Lipinski definition) is 2. The molecule has 27 heavy (non-hydrogen) atoms. The van der Waals surface area contributed by atoms with Crippen molar-refractivity contribution in [2.75, 3.05) is 4.90 Å². The van der Waals surface area contributed by atoms with Gasteiger partial charge in [0.05, 0.1) is 17.6 Å². The molecule has 0 amide bonds.